The van der Waals surface area contributed by atoms with Gasteiger partial charge in [-0.2, -0.15) is 0 Å². The van der Waals surface area contributed by atoms with Crippen molar-refractivity contribution in [1.82, 2.24) is 5.32 Å². The molecule has 2 rings (SSSR count). The molecule has 0 aliphatic carbocycles. The highest BCUT2D eigenvalue weighted by Crippen LogP contribution is 2.30. The molecule has 0 saturated carbocycles. The third-order valence-corrected chi connectivity index (χ3v) is 19.0. The van der Waals surface area contributed by atoms with Gasteiger partial charge in [0.05, 0.1) is 32.0 Å². The van der Waals surface area contributed by atoms with E-state index in [1.54, 1.807) is 6.08 Å². The maximum atomic E-state index is 13.4. The molecule has 98 heavy (non-hydrogen) atoms. The Morgan fingerprint density at radius 2 is 0.704 bits per heavy atom. The molecule has 0 aromatic rings. The number of amides is 1. The predicted octanol–water partition coefficient (Wildman–Crippen LogP) is 18.2. The van der Waals surface area contributed by atoms with Gasteiger partial charge in [0.25, 0.3) is 0 Å². The first kappa shape index (κ1) is 90.7. The van der Waals surface area contributed by atoms with Crippen LogP contribution in [0.3, 0.4) is 0 Å². The zero-order valence-corrected chi connectivity index (χ0v) is 62.0. The minimum Gasteiger partial charge on any atom is -0.394 e. The van der Waals surface area contributed by atoms with Crippen molar-refractivity contribution in [1.29, 1.82) is 0 Å². The summed E-state index contributed by atoms with van der Waals surface area (Å²) in [6.45, 7) is 2.71. The van der Waals surface area contributed by atoms with Crippen molar-refractivity contribution in [2.75, 3.05) is 19.8 Å². The van der Waals surface area contributed by atoms with E-state index in [2.05, 4.69) is 116 Å². The van der Waals surface area contributed by atoms with Crippen molar-refractivity contribution in [3.05, 3.63) is 109 Å². The monoisotopic (exact) mass is 1380 g/mol. The number of hydrogen-bond donors (Lipinski definition) is 9. The molecule has 2 fully saturated rings. The highest BCUT2D eigenvalue weighted by atomic mass is 16.7. The second kappa shape index (κ2) is 66.9. The van der Waals surface area contributed by atoms with Gasteiger partial charge >= 0.3 is 0 Å². The predicted molar refractivity (Wildman–Crippen MR) is 406 cm³/mol. The minimum atomic E-state index is -1.80. The molecule has 0 aromatic carbocycles. The van der Waals surface area contributed by atoms with Gasteiger partial charge in [-0.3, -0.25) is 4.79 Å². The third kappa shape index (κ3) is 49.3. The third-order valence-electron chi connectivity index (χ3n) is 19.0. The minimum absolute atomic E-state index is 0.254. The Balaban J connectivity index is 1.65. The summed E-state index contributed by atoms with van der Waals surface area (Å²) < 4.78 is 22.9. The van der Waals surface area contributed by atoms with E-state index in [0.717, 1.165) is 109 Å². The highest BCUT2D eigenvalue weighted by Gasteiger charge is 2.51. The number of ether oxygens (including phenoxy) is 4. The van der Waals surface area contributed by atoms with Crippen LogP contribution in [0.1, 0.15) is 322 Å². The molecular formula is C84H147NO13. The Morgan fingerprint density at radius 3 is 1.08 bits per heavy atom. The van der Waals surface area contributed by atoms with E-state index in [0.29, 0.717) is 6.42 Å². The summed E-state index contributed by atoms with van der Waals surface area (Å²) in [6, 6.07) is -0.934. The Hall–Kier alpha value is -3.35. The fourth-order valence-electron chi connectivity index (χ4n) is 12.7. The van der Waals surface area contributed by atoms with Gasteiger partial charge in [-0.15, -0.1) is 0 Å². The van der Waals surface area contributed by atoms with Crippen LogP contribution >= 0.6 is 0 Å². The van der Waals surface area contributed by atoms with Crippen LogP contribution < -0.4 is 5.32 Å². The zero-order valence-electron chi connectivity index (χ0n) is 62.0. The standard InChI is InChI=1S/C84H147NO13/c1-3-5-7-9-11-13-15-17-19-21-23-25-27-29-31-33-35-36-38-39-41-43-45-47-49-51-53-55-57-59-61-63-65-67-73(88)72(71-95-83-81(94)79(92)82(75(70-87)97-83)98-84-80(93)78(91)77(90)74(69-86)96-84)85-76(89)68-66-64-62-60-58-56-54-52-50-48-46-44-42-40-37-34-32-30-28-26-24-22-20-18-16-14-12-10-8-6-4-2/h6,8,12,14,18,20,24,26,30,32,37,40,44,46,50,52,65,67,72-75,77-84,86-88,90-94H,3-5,7,9-11,13,15-17,19,21-23,25,27-29,31,33-36,38-39,41-43,45,47-49,51,53-64,66,68-71H2,1-2H3,(H,85,89)/b8-6-,14-12-,20-18-,26-24-,32-30-,40-37-,46-44-,52-50-,67-65+. The number of carbonyl (C=O) groups excluding carboxylic acids is 1. The fraction of sp³-hybridized carbons (Fsp3) is 0.774. The molecule has 12 atom stereocenters. The number of aliphatic hydroxyl groups is 8. The van der Waals surface area contributed by atoms with Crippen LogP contribution in [-0.2, 0) is 23.7 Å². The van der Waals surface area contributed by atoms with Crippen molar-refractivity contribution in [3.63, 3.8) is 0 Å². The lowest BCUT2D eigenvalue weighted by molar-refractivity contribution is -0.359. The molecule has 566 valence electrons. The maximum Gasteiger partial charge on any atom is 0.220 e. The number of aliphatic hydroxyl groups excluding tert-OH is 8. The smallest absolute Gasteiger partial charge is 0.220 e. The van der Waals surface area contributed by atoms with E-state index in [1.165, 1.54) is 186 Å². The summed E-state index contributed by atoms with van der Waals surface area (Å²) in [6.07, 6.45) is 80.2. The summed E-state index contributed by atoms with van der Waals surface area (Å²) in [5, 5.41) is 87.7. The molecule has 0 bridgehead atoms. The number of allylic oxidation sites excluding steroid dienone is 17. The van der Waals surface area contributed by atoms with E-state index < -0.39 is 86.8 Å². The van der Waals surface area contributed by atoms with E-state index in [9.17, 15) is 45.6 Å². The molecular weight excluding hydrogens is 1230 g/mol. The summed E-state index contributed by atoms with van der Waals surface area (Å²) in [5.74, 6) is -0.254. The van der Waals surface area contributed by atoms with E-state index >= 15 is 0 Å². The van der Waals surface area contributed by atoms with Gasteiger partial charge < -0.3 is 65.1 Å². The molecule has 2 saturated heterocycles. The Bertz CT molecular complexity index is 2070. The van der Waals surface area contributed by atoms with Gasteiger partial charge in [-0.1, -0.05) is 342 Å². The summed E-state index contributed by atoms with van der Waals surface area (Å²) in [4.78, 5) is 13.4. The van der Waals surface area contributed by atoms with E-state index in [-0.39, 0.29) is 18.9 Å². The number of carbonyl (C=O) groups is 1. The van der Waals surface area contributed by atoms with Crippen molar-refractivity contribution in [2.45, 2.75) is 396 Å². The van der Waals surface area contributed by atoms with Gasteiger partial charge in [0.2, 0.25) is 5.91 Å². The van der Waals surface area contributed by atoms with Gasteiger partial charge in [0, 0.05) is 6.42 Å². The summed E-state index contributed by atoms with van der Waals surface area (Å²) in [7, 11) is 0. The average Bonchev–Trinajstić information content (AvgIpc) is 0.793. The van der Waals surface area contributed by atoms with Crippen LogP contribution in [0, 0.1) is 0 Å². The lowest BCUT2D eigenvalue weighted by atomic mass is 9.97. The highest BCUT2D eigenvalue weighted by molar-refractivity contribution is 5.76. The van der Waals surface area contributed by atoms with Gasteiger partial charge in [0.15, 0.2) is 12.6 Å². The van der Waals surface area contributed by atoms with Crippen molar-refractivity contribution >= 4 is 5.91 Å². The molecule has 2 aliphatic rings. The van der Waals surface area contributed by atoms with Gasteiger partial charge in [0.1, 0.15) is 48.8 Å². The Labute approximate surface area is 597 Å². The first-order chi connectivity index (χ1) is 48.1. The summed E-state index contributed by atoms with van der Waals surface area (Å²) in [5.41, 5.74) is 0. The van der Waals surface area contributed by atoms with Crippen molar-refractivity contribution < 1.29 is 64.6 Å². The van der Waals surface area contributed by atoms with Crippen LogP contribution in [0.15, 0.2) is 109 Å². The largest absolute Gasteiger partial charge is 0.394 e. The summed E-state index contributed by atoms with van der Waals surface area (Å²) >= 11 is 0. The second-order valence-corrected chi connectivity index (χ2v) is 27.8. The quantitative estimate of drug-likeness (QED) is 0.0204. The van der Waals surface area contributed by atoms with Crippen molar-refractivity contribution in [3.8, 4) is 0 Å². The average molecular weight is 1380 g/mol. The van der Waals surface area contributed by atoms with Crippen LogP contribution in [0.5, 0.6) is 0 Å². The number of rotatable bonds is 66. The van der Waals surface area contributed by atoms with Gasteiger partial charge in [-0.05, 0) is 83.5 Å². The van der Waals surface area contributed by atoms with E-state index in [4.69, 9.17) is 18.9 Å². The second-order valence-electron chi connectivity index (χ2n) is 27.8. The first-order valence-corrected chi connectivity index (χ1v) is 40.1. The number of nitrogens with one attached hydrogen (secondary N) is 1. The SMILES string of the molecule is CC/C=C\C/C=C\C/C=C\C/C=C\C/C=C\C/C=C\C/C=C\C/C=C\CCCCCCCCC(=O)NC(COC1OC(CO)C(OC2OC(CO)C(O)C(O)C2O)C(O)C1O)C(O)/C=C/CCCCCCCCCCCCCCCCCCCCCCCCCCCCCCCCC. The lowest BCUT2D eigenvalue weighted by Crippen LogP contribution is -2.65. The van der Waals surface area contributed by atoms with Crippen molar-refractivity contribution in [2.24, 2.45) is 0 Å². The fourth-order valence-corrected chi connectivity index (χ4v) is 12.7. The Morgan fingerprint density at radius 1 is 0.378 bits per heavy atom. The number of hydrogen-bond acceptors (Lipinski definition) is 13. The normalized spacial score (nSPS) is 22.6. The van der Waals surface area contributed by atoms with Gasteiger partial charge in [-0.25, -0.2) is 0 Å². The molecule has 14 heteroatoms. The molecule has 2 aliphatic heterocycles. The first-order valence-electron chi connectivity index (χ1n) is 40.1. The van der Waals surface area contributed by atoms with E-state index in [1.807, 2.05) is 6.08 Å². The molecule has 0 spiro atoms. The van der Waals surface area contributed by atoms with Crippen LogP contribution in [0.2, 0.25) is 0 Å². The molecule has 1 amide bonds. The molecule has 0 radical (unpaired) electrons. The topological polar surface area (TPSA) is 228 Å². The lowest BCUT2D eigenvalue weighted by Gasteiger charge is -2.46. The van der Waals surface area contributed by atoms with Crippen LogP contribution in [0.25, 0.3) is 0 Å². The molecule has 0 aromatic heterocycles. The van der Waals surface area contributed by atoms with Crippen LogP contribution in [-0.4, -0.2) is 140 Å². The van der Waals surface area contributed by atoms with Crippen LogP contribution in [0.4, 0.5) is 0 Å². The Kier molecular flexibility index (Phi) is 61.9. The zero-order chi connectivity index (χ0) is 70.8. The molecule has 14 nitrogen and oxygen atoms in total. The number of unbranched alkanes of at least 4 members (excludes halogenated alkanes) is 37. The molecule has 9 N–H and O–H groups in total. The molecule has 2 heterocycles. The maximum absolute atomic E-state index is 13.4. The molecule has 12 unspecified atom stereocenters.